The van der Waals surface area contributed by atoms with E-state index in [1.807, 2.05) is 6.07 Å². The van der Waals surface area contributed by atoms with Gasteiger partial charge in [0.05, 0.1) is 0 Å². The highest BCUT2D eigenvalue weighted by Gasteiger charge is 2.06. The molecule has 1 heterocycles. The number of unbranched alkanes of at least 4 members (excludes halogenated alkanes) is 4. The summed E-state index contributed by atoms with van der Waals surface area (Å²) in [6, 6.07) is 3.60. The Morgan fingerprint density at radius 2 is 2.06 bits per heavy atom. The average molecular weight is 234 g/mol. The molecule has 94 valence electrons. The number of hydrogen-bond acceptors (Lipinski definition) is 3. The number of nitrogens with one attached hydrogen (secondary N) is 1. The number of anilines is 1. The molecule has 3 nitrogen and oxygen atoms in total. The van der Waals surface area contributed by atoms with E-state index >= 15 is 0 Å². The first-order valence-corrected chi connectivity index (χ1v) is 6.45. The Labute approximate surface area is 104 Å². The Kier molecular flexibility index (Phi) is 6.30. The van der Waals surface area contributed by atoms with Crippen molar-refractivity contribution >= 4 is 11.6 Å². The quantitative estimate of drug-likeness (QED) is 0.551. The molecule has 17 heavy (non-hydrogen) atoms. The second kappa shape index (κ2) is 7.82. The highest BCUT2D eigenvalue weighted by Crippen LogP contribution is 2.12. The van der Waals surface area contributed by atoms with Gasteiger partial charge in [-0.25, -0.2) is 4.98 Å². The number of pyridine rings is 1. The van der Waals surface area contributed by atoms with Gasteiger partial charge >= 0.3 is 0 Å². The summed E-state index contributed by atoms with van der Waals surface area (Å²) >= 11 is 0. The summed E-state index contributed by atoms with van der Waals surface area (Å²) in [6.45, 7) is 2.20. The van der Waals surface area contributed by atoms with Crippen LogP contribution >= 0.6 is 0 Å². The second-order valence-corrected chi connectivity index (χ2v) is 4.27. The van der Waals surface area contributed by atoms with Crippen molar-refractivity contribution in [2.24, 2.45) is 0 Å². The van der Waals surface area contributed by atoms with Gasteiger partial charge in [0.25, 0.3) is 0 Å². The molecule has 1 rings (SSSR count). The maximum Gasteiger partial charge on any atom is 0.163 e. The topological polar surface area (TPSA) is 42.0 Å². The first-order chi connectivity index (χ1) is 8.27. The minimum atomic E-state index is 0.223. The van der Waals surface area contributed by atoms with E-state index in [-0.39, 0.29) is 5.78 Å². The number of aromatic nitrogens is 1. The molecule has 0 saturated carbocycles. The smallest absolute Gasteiger partial charge is 0.163 e. The molecule has 0 aromatic carbocycles. The van der Waals surface area contributed by atoms with Crippen LogP contribution in [0.15, 0.2) is 18.3 Å². The molecule has 0 spiro atoms. The zero-order valence-electron chi connectivity index (χ0n) is 10.8. The molecule has 0 aliphatic heterocycles. The molecule has 0 amide bonds. The van der Waals surface area contributed by atoms with Crippen LogP contribution in [0.4, 0.5) is 5.82 Å². The van der Waals surface area contributed by atoms with Crippen molar-refractivity contribution in [3.8, 4) is 0 Å². The zero-order valence-corrected chi connectivity index (χ0v) is 10.8. The molecule has 0 radical (unpaired) electrons. The van der Waals surface area contributed by atoms with Gasteiger partial charge in [0, 0.05) is 25.2 Å². The summed E-state index contributed by atoms with van der Waals surface area (Å²) < 4.78 is 0. The monoisotopic (exact) mass is 234 g/mol. The molecular weight excluding hydrogens is 212 g/mol. The Morgan fingerprint density at radius 1 is 1.29 bits per heavy atom. The van der Waals surface area contributed by atoms with Gasteiger partial charge < -0.3 is 5.32 Å². The molecule has 0 aliphatic rings. The van der Waals surface area contributed by atoms with Crippen LogP contribution in [-0.2, 0) is 0 Å². The Bertz CT molecular complexity index is 350. The van der Waals surface area contributed by atoms with Gasteiger partial charge in [0.1, 0.15) is 5.82 Å². The third-order valence-corrected chi connectivity index (χ3v) is 2.85. The lowest BCUT2D eigenvalue weighted by Gasteiger charge is -2.03. The maximum absolute atomic E-state index is 11.9. The fourth-order valence-electron chi connectivity index (χ4n) is 1.77. The van der Waals surface area contributed by atoms with E-state index in [0.717, 1.165) is 24.2 Å². The van der Waals surface area contributed by atoms with E-state index in [9.17, 15) is 4.79 Å². The van der Waals surface area contributed by atoms with Crippen molar-refractivity contribution in [1.29, 1.82) is 0 Å². The van der Waals surface area contributed by atoms with E-state index in [2.05, 4.69) is 17.2 Å². The van der Waals surface area contributed by atoms with E-state index in [0.29, 0.717) is 6.42 Å². The lowest BCUT2D eigenvalue weighted by Crippen LogP contribution is -2.01. The number of hydrogen-bond donors (Lipinski definition) is 1. The molecule has 3 heteroatoms. The molecule has 0 atom stereocenters. The Hall–Kier alpha value is -1.38. The third-order valence-electron chi connectivity index (χ3n) is 2.85. The first-order valence-electron chi connectivity index (χ1n) is 6.45. The molecule has 1 N–H and O–H groups in total. The normalized spacial score (nSPS) is 10.2. The van der Waals surface area contributed by atoms with Crippen LogP contribution in [0.3, 0.4) is 0 Å². The molecule has 1 aromatic heterocycles. The summed E-state index contributed by atoms with van der Waals surface area (Å²) in [7, 11) is 1.81. The fourth-order valence-corrected chi connectivity index (χ4v) is 1.77. The van der Waals surface area contributed by atoms with Crippen molar-refractivity contribution in [1.82, 2.24) is 4.98 Å². The van der Waals surface area contributed by atoms with E-state index in [4.69, 9.17) is 0 Å². The number of ketones is 1. The van der Waals surface area contributed by atoms with E-state index < -0.39 is 0 Å². The van der Waals surface area contributed by atoms with E-state index in [1.165, 1.54) is 19.3 Å². The number of Topliss-reactive ketones (excluding diaryl/α,β-unsaturated/α-hetero) is 1. The summed E-state index contributed by atoms with van der Waals surface area (Å²) in [5, 5.41) is 2.94. The lowest BCUT2D eigenvalue weighted by atomic mass is 10.0. The molecule has 0 bridgehead atoms. The van der Waals surface area contributed by atoms with Crippen LogP contribution < -0.4 is 5.32 Å². The summed E-state index contributed by atoms with van der Waals surface area (Å²) in [6.07, 6.45) is 8.23. The standard InChI is InChI=1S/C14H22N2O/c1-3-4-5-6-7-8-13(17)12-9-10-16-14(11-12)15-2/h9-11H,3-8H2,1-2H3,(H,15,16). The third kappa shape index (κ3) is 4.98. The molecule has 0 unspecified atom stereocenters. The lowest BCUT2D eigenvalue weighted by molar-refractivity contribution is 0.0979. The average Bonchev–Trinajstić information content (AvgIpc) is 2.38. The summed E-state index contributed by atoms with van der Waals surface area (Å²) in [5.74, 6) is 0.974. The van der Waals surface area contributed by atoms with Crippen molar-refractivity contribution in [2.75, 3.05) is 12.4 Å². The number of rotatable bonds is 8. The van der Waals surface area contributed by atoms with Crippen LogP contribution in [0.25, 0.3) is 0 Å². The highest BCUT2D eigenvalue weighted by molar-refractivity contribution is 5.96. The predicted molar refractivity (Wildman–Crippen MR) is 71.5 cm³/mol. The minimum absolute atomic E-state index is 0.223. The molecule has 0 fully saturated rings. The van der Waals surface area contributed by atoms with Gasteiger partial charge in [-0.1, -0.05) is 32.6 Å². The largest absolute Gasteiger partial charge is 0.373 e. The predicted octanol–water partition coefficient (Wildman–Crippen LogP) is 3.67. The van der Waals surface area contributed by atoms with Gasteiger partial charge in [0.2, 0.25) is 0 Å². The highest BCUT2D eigenvalue weighted by atomic mass is 16.1. The Balaban J connectivity index is 2.36. The van der Waals surface area contributed by atoms with E-state index in [1.54, 1.807) is 19.3 Å². The molecular formula is C14H22N2O. The van der Waals surface area contributed by atoms with Gasteiger partial charge in [0.15, 0.2) is 5.78 Å². The van der Waals surface area contributed by atoms with Crippen molar-refractivity contribution < 1.29 is 4.79 Å². The van der Waals surface area contributed by atoms with Gasteiger partial charge in [-0.05, 0) is 18.6 Å². The van der Waals surface area contributed by atoms with Crippen LogP contribution in [0.2, 0.25) is 0 Å². The fraction of sp³-hybridized carbons (Fsp3) is 0.571. The molecule has 1 aromatic rings. The van der Waals surface area contributed by atoms with Crippen LogP contribution in [0.5, 0.6) is 0 Å². The molecule has 0 saturated heterocycles. The van der Waals surface area contributed by atoms with Gasteiger partial charge in [-0.3, -0.25) is 4.79 Å². The maximum atomic E-state index is 11.9. The number of carbonyl (C=O) groups excluding carboxylic acids is 1. The van der Waals surface area contributed by atoms with Crippen molar-refractivity contribution in [3.63, 3.8) is 0 Å². The van der Waals surface area contributed by atoms with Crippen LogP contribution in [0, 0.1) is 0 Å². The van der Waals surface area contributed by atoms with Crippen molar-refractivity contribution in [2.45, 2.75) is 45.4 Å². The van der Waals surface area contributed by atoms with Crippen molar-refractivity contribution in [3.05, 3.63) is 23.9 Å². The number of nitrogens with zero attached hydrogens (tertiary/aromatic N) is 1. The zero-order chi connectivity index (χ0) is 12.5. The van der Waals surface area contributed by atoms with Gasteiger partial charge in [-0.15, -0.1) is 0 Å². The van der Waals surface area contributed by atoms with Crippen LogP contribution in [0.1, 0.15) is 55.8 Å². The number of carbonyl (C=O) groups is 1. The summed E-state index contributed by atoms with van der Waals surface area (Å²) in [4.78, 5) is 16.0. The van der Waals surface area contributed by atoms with Gasteiger partial charge in [-0.2, -0.15) is 0 Å². The molecule has 0 aliphatic carbocycles. The Morgan fingerprint density at radius 3 is 2.76 bits per heavy atom. The SMILES string of the molecule is CCCCCCCC(=O)c1ccnc(NC)c1. The van der Waals surface area contributed by atoms with Crippen LogP contribution in [-0.4, -0.2) is 17.8 Å². The summed E-state index contributed by atoms with van der Waals surface area (Å²) in [5.41, 5.74) is 0.764. The second-order valence-electron chi connectivity index (χ2n) is 4.27. The minimum Gasteiger partial charge on any atom is -0.373 e. The first kappa shape index (κ1) is 13.7.